The van der Waals surface area contributed by atoms with Gasteiger partial charge in [0.05, 0.1) is 22.8 Å². The zero-order chi connectivity index (χ0) is 14.5. The summed E-state index contributed by atoms with van der Waals surface area (Å²) in [4.78, 5) is 30.1. The Bertz CT molecular complexity index is 658. The van der Waals surface area contributed by atoms with Crippen LogP contribution in [0.15, 0.2) is 36.8 Å². The van der Waals surface area contributed by atoms with Gasteiger partial charge in [0, 0.05) is 12.3 Å². The zero-order valence-corrected chi connectivity index (χ0v) is 10.6. The summed E-state index contributed by atoms with van der Waals surface area (Å²) in [5.41, 5.74) is 0.411. The number of nitro benzene ring substituents is 1. The maximum absolute atomic E-state index is 11.8. The number of benzene rings is 1. The first-order valence-electron chi connectivity index (χ1n) is 5.86. The van der Waals surface area contributed by atoms with E-state index in [-0.39, 0.29) is 29.1 Å². The number of hydrogen-bond donors (Lipinski definition) is 0. The first kappa shape index (κ1) is 13.6. The maximum atomic E-state index is 11.8. The minimum Gasteiger partial charge on any atom is -0.462 e. The van der Waals surface area contributed by atoms with Crippen molar-refractivity contribution in [1.29, 1.82) is 0 Å². The quantitative estimate of drug-likeness (QED) is 0.481. The lowest BCUT2D eigenvalue weighted by atomic mass is 10.1. The number of para-hydroxylation sites is 1. The molecule has 0 bridgehead atoms. The SMILES string of the molecule is CCOC(=O)c1cncnc1-c1ccccc1[N+](=O)[O-]. The average Bonchev–Trinajstić information content (AvgIpc) is 2.47. The van der Waals surface area contributed by atoms with Gasteiger partial charge < -0.3 is 4.74 Å². The zero-order valence-electron chi connectivity index (χ0n) is 10.6. The van der Waals surface area contributed by atoms with Crippen molar-refractivity contribution in [3.8, 4) is 11.3 Å². The number of ether oxygens (including phenoxy) is 1. The van der Waals surface area contributed by atoms with Crippen molar-refractivity contribution in [2.75, 3.05) is 6.61 Å². The molecule has 0 aliphatic carbocycles. The lowest BCUT2D eigenvalue weighted by molar-refractivity contribution is -0.384. The molecule has 2 aromatic rings. The highest BCUT2D eigenvalue weighted by atomic mass is 16.6. The molecule has 0 unspecified atom stereocenters. The van der Waals surface area contributed by atoms with E-state index in [1.54, 1.807) is 19.1 Å². The third-order valence-electron chi connectivity index (χ3n) is 2.56. The summed E-state index contributed by atoms with van der Waals surface area (Å²) in [5, 5.41) is 11.0. The number of rotatable bonds is 4. The Hall–Kier alpha value is -2.83. The summed E-state index contributed by atoms with van der Waals surface area (Å²) in [7, 11) is 0. The molecule has 0 saturated carbocycles. The van der Waals surface area contributed by atoms with Crippen LogP contribution in [-0.2, 0) is 4.74 Å². The van der Waals surface area contributed by atoms with Crippen LogP contribution in [0.3, 0.4) is 0 Å². The van der Waals surface area contributed by atoms with E-state index in [4.69, 9.17) is 4.74 Å². The minimum absolute atomic E-state index is 0.101. The Morgan fingerprint density at radius 3 is 2.85 bits per heavy atom. The first-order valence-corrected chi connectivity index (χ1v) is 5.86. The normalized spacial score (nSPS) is 10.1. The van der Waals surface area contributed by atoms with E-state index >= 15 is 0 Å². The predicted octanol–water partition coefficient (Wildman–Crippen LogP) is 2.23. The average molecular weight is 273 g/mol. The van der Waals surface area contributed by atoms with Gasteiger partial charge >= 0.3 is 5.97 Å². The van der Waals surface area contributed by atoms with Crippen LogP contribution in [0.2, 0.25) is 0 Å². The lowest BCUT2D eigenvalue weighted by Crippen LogP contribution is -2.08. The fraction of sp³-hybridized carbons (Fsp3) is 0.154. The summed E-state index contributed by atoms with van der Waals surface area (Å²) in [5.74, 6) is -0.610. The van der Waals surface area contributed by atoms with Gasteiger partial charge in [-0.25, -0.2) is 14.8 Å². The van der Waals surface area contributed by atoms with Crippen molar-refractivity contribution >= 4 is 11.7 Å². The van der Waals surface area contributed by atoms with Crippen LogP contribution in [0.1, 0.15) is 17.3 Å². The molecule has 1 aromatic carbocycles. The van der Waals surface area contributed by atoms with Crippen molar-refractivity contribution in [3.63, 3.8) is 0 Å². The molecule has 20 heavy (non-hydrogen) atoms. The Kier molecular flexibility index (Phi) is 3.99. The summed E-state index contributed by atoms with van der Waals surface area (Å²) in [6.07, 6.45) is 2.52. The van der Waals surface area contributed by atoms with Crippen molar-refractivity contribution in [3.05, 3.63) is 52.5 Å². The summed E-state index contributed by atoms with van der Waals surface area (Å²) in [6, 6.07) is 6.07. The molecule has 0 spiro atoms. The number of hydrogen-bond acceptors (Lipinski definition) is 6. The number of carbonyl (C=O) groups is 1. The van der Waals surface area contributed by atoms with Crippen LogP contribution in [0, 0.1) is 10.1 Å². The second-order valence-corrected chi connectivity index (χ2v) is 3.78. The van der Waals surface area contributed by atoms with E-state index in [0.717, 1.165) is 0 Å². The fourth-order valence-electron chi connectivity index (χ4n) is 1.74. The molecule has 7 heteroatoms. The van der Waals surface area contributed by atoms with Crippen LogP contribution >= 0.6 is 0 Å². The van der Waals surface area contributed by atoms with Crippen LogP contribution < -0.4 is 0 Å². The molecule has 0 aliphatic rings. The van der Waals surface area contributed by atoms with Crippen LogP contribution in [0.25, 0.3) is 11.3 Å². The van der Waals surface area contributed by atoms with E-state index < -0.39 is 10.9 Å². The summed E-state index contributed by atoms with van der Waals surface area (Å²) < 4.78 is 4.90. The summed E-state index contributed by atoms with van der Waals surface area (Å²) in [6.45, 7) is 1.87. The second-order valence-electron chi connectivity index (χ2n) is 3.78. The third-order valence-corrected chi connectivity index (χ3v) is 2.56. The molecule has 0 fully saturated rings. The van der Waals surface area contributed by atoms with Gasteiger partial charge in [0.1, 0.15) is 11.9 Å². The summed E-state index contributed by atoms with van der Waals surface area (Å²) >= 11 is 0. The van der Waals surface area contributed by atoms with Gasteiger partial charge in [-0.3, -0.25) is 10.1 Å². The van der Waals surface area contributed by atoms with E-state index in [9.17, 15) is 14.9 Å². The van der Waals surface area contributed by atoms with Gasteiger partial charge in [-0.05, 0) is 13.0 Å². The number of aromatic nitrogens is 2. The number of esters is 1. The van der Waals surface area contributed by atoms with Crippen molar-refractivity contribution in [1.82, 2.24) is 9.97 Å². The number of carbonyl (C=O) groups excluding carboxylic acids is 1. The maximum Gasteiger partial charge on any atom is 0.341 e. The Morgan fingerprint density at radius 1 is 1.40 bits per heavy atom. The van der Waals surface area contributed by atoms with Gasteiger partial charge in [0.2, 0.25) is 0 Å². The van der Waals surface area contributed by atoms with Gasteiger partial charge in [-0.15, -0.1) is 0 Å². The van der Waals surface area contributed by atoms with Gasteiger partial charge in [-0.2, -0.15) is 0 Å². The highest BCUT2D eigenvalue weighted by molar-refractivity contribution is 5.96. The fourth-order valence-corrected chi connectivity index (χ4v) is 1.74. The standard InChI is InChI=1S/C13H11N3O4/c1-2-20-13(17)10-7-14-8-15-12(10)9-5-3-4-6-11(9)16(18)19/h3-8H,2H2,1H3. The van der Waals surface area contributed by atoms with Crippen molar-refractivity contribution in [2.45, 2.75) is 6.92 Å². The highest BCUT2D eigenvalue weighted by Gasteiger charge is 2.22. The highest BCUT2D eigenvalue weighted by Crippen LogP contribution is 2.30. The first-order chi connectivity index (χ1) is 9.65. The van der Waals surface area contributed by atoms with Crippen molar-refractivity contribution < 1.29 is 14.5 Å². The van der Waals surface area contributed by atoms with Crippen LogP contribution in [-0.4, -0.2) is 27.5 Å². The monoisotopic (exact) mass is 273 g/mol. The van der Waals surface area contributed by atoms with Crippen LogP contribution in [0.5, 0.6) is 0 Å². The van der Waals surface area contributed by atoms with Gasteiger partial charge in [0.15, 0.2) is 0 Å². The Labute approximate surface area is 114 Å². The number of nitro groups is 1. The van der Waals surface area contributed by atoms with E-state index in [0.29, 0.717) is 0 Å². The third kappa shape index (κ3) is 2.61. The second kappa shape index (κ2) is 5.87. The predicted molar refractivity (Wildman–Crippen MR) is 70.1 cm³/mol. The van der Waals surface area contributed by atoms with E-state index in [1.165, 1.54) is 24.7 Å². The lowest BCUT2D eigenvalue weighted by Gasteiger charge is -2.07. The number of nitrogens with zero attached hydrogens (tertiary/aromatic N) is 3. The van der Waals surface area contributed by atoms with E-state index in [1.807, 2.05) is 0 Å². The molecule has 0 atom stereocenters. The van der Waals surface area contributed by atoms with Crippen LogP contribution in [0.4, 0.5) is 5.69 Å². The molecule has 0 N–H and O–H groups in total. The van der Waals surface area contributed by atoms with Crippen molar-refractivity contribution in [2.24, 2.45) is 0 Å². The molecular weight excluding hydrogens is 262 g/mol. The molecule has 1 heterocycles. The molecular formula is C13H11N3O4. The molecule has 0 amide bonds. The molecule has 102 valence electrons. The molecule has 2 rings (SSSR count). The molecule has 0 saturated heterocycles. The smallest absolute Gasteiger partial charge is 0.341 e. The van der Waals surface area contributed by atoms with Gasteiger partial charge in [-0.1, -0.05) is 12.1 Å². The molecule has 0 aliphatic heterocycles. The topological polar surface area (TPSA) is 95.2 Å². The molecule has 7 nitrogen and oxygen atoms in total. The molecule has 1 aromatic heterocycles. The minimum atomic E-state index is -0.610. The van der Waals surface area contributed by atoms with Gasteiger partial charge in [0.25, 0.3) is 5.69 Å². The van der Waals surface area contributed by atoms with E-state index in [2.05, 4.69) is 9.97 Å². The Balaban J connectivity index is 2.59. The Morgan fingerprint density at radius 2 is 2.15 bits per heavy atom. The molecule has 0 radical (unpaired) electrons. The largest absolute Gasteiger partial charge is 0.462 e.